The maximum Gasteiger partial charge on any atom is 0.0970 e. The minimum atomic E-state index is 0.566. The molecule has 0 saturated heterocycles. The van der Waals surface area contributed by atoms with Crippen molar-refractivity contribution in [2.45, 2.75) is 20.4 Å². The van der Waals surface area contributed by atoms with Crippen LogP contribution in [0.15, 0.2) is 60.7 Å². The molecule has 0 unspecified atom stereocenters. The average molecular weight is 334 g/mol. The Morgan fingerprint density at radius 1 is 1.04 bits per heavy atom. The smallest absolute Gasteiger partial charge is 0.0970 e. The lowest BCUT2D eigenvalue weighted by Gasteiger charge is -2.09. The molecule has 3 rings (SSSR count). The highest BCUT2D eigenvalue weighted by atomic mass is 16.5. The van der Waals surface area contributed by atoms with Gasteiger partial charge in [0.2, 0.25) is 0 Å². The highest BCUT2D eigenvalue weighted by Crippen LogP contribution is 2.18. The number of rotatable bonds is 8. The van der Waals surface area contributed by atoms with Crippen molar-refractivity contribution in [1.29, 1.82) is 0 Å². The molecule has 1 N–H and O–H groups in total. The number of ether oxygens (including phenoxy) is 1. The van der Waals surface area contributed by atoms with E-state index in [2.05, 4.69) is 90.5 Å². The summed E-state index contributed by atoms with van der Waals surface area (Å²) in [7, 11) is 0. The zero-order chi connectivity index (χ0) is 17.5. The fraction of sp³-hybridized carbons (Fsp3) is 0.273. The van der Waals surface area contributed by atoms with Gasteiger partial charge in [0.25, 0.3) is 0 Å². The number of nitrogens with one attached hydrogen (secondary N) is 1. The number of fused-ring (bicyclic) bond motifs is 1. The van der Waals surface area contributed by atoms with Gasteiger partial charge in [0.15, 0.2) is 0 Å². The highest BCUT2D eigenvalue weighted by molar-refractivity contribution is 5.81. The van der Waals surface area contributed by atoms with Crippen molar-refractivity contribution in [3.63, 3.8) is 0 Å². The SMILES string of the molecule is Cc1ccc(/C=C/COCNCCn2c(C)cc3ccccc32)cc1. The van der Waals surface area contributed by atoms with Gasteiger partial charge < -0.3 is 9.30 Å². The Bertz CT molecular complexity index is 831. The number of aromatic nitrogens is 1. The van der Waals surface area contributed by atoms with E-state index in [4.69, 9.17) is 4.74 Å². The van der Waals surface area contributed by atoms with E-state index in [1.165, 1.54) is 27.7 Å². The zero-order valence-corrected chi connectivity index (χ0v) is 15.0. The Kier molecular flexibility index (Phi) is 6.04. The van der Waals surface area contributed by atoms with E-state index in [0.29, 0.717) is 13.3 Å². The monoisotopic (exact) mass is 334 g/mol. The quantitative estimate of drug-likeness (QED) is 0.484. The number of hydrogen-bond acceptors (Lipinski definition) is 2. The number of benzene rings is 2. The Hall–Kier alpha value is -2.36. The Balaban J connectivity index is 1.36. The molecule has 0 saturated carbocycles. The van der Waals surface area contributed by atoms with Crippen molar-refractivity contribution in [3.8, 4) is 0 Å². The third kappa shape index (κ3) is 4.81. The van der Waals surface area contributed by atoms with Gasteiger partial charge in [-0.3, -0.25) is 5.32 Å². The molecular formula is C22H26N2O. The van der Waals surface area contributed by atoms with E-state index < -0.39 is 0 Å². The average Bonchev–Trinajstić information content (AvgIpc) is 2.94. The molecule has 0 aliphatic carbocycles. The van der Waals surface area contributed by atoms with E-state index in [1.807, 2.05) is 0 Å². The second-order valence-electron chi connectivity index (χ2n) is 6.32. The van der Waals surface area contributed by atoms with Gasteiger partial charge in [-0.25, -0.2) is 0 Å². The molecule has 1 aromatic heterocycles. The highest BCUT2D eigenvalue weighted by Gasteiger charge is 2.03. The fourth-order valence-corrected chi connectivity index (χ4v) is 2.97. The third-order valence-corrected chi connectivity index (χ3v) is 4.34. The van der Waals surface area contributed by atoms with Crippen molar-refractivity contribution < 1.29 is 4.74 Å². The summed E-state index contributed by atoms with van der Waals surface area (Å²) in [6, 6.07) is 19.2. The van der Waals surface area contributed by atoms with Gasteiger partial charge in [-0.2, -0.15) is 0 Å². The zero-order valence-electron chi connectivity index (χ0n) is 15.0. The Morgan fingerprint density at radius 2 is 1.84 bits per heavy atom. The van der Waals surface area contributed by atoms with E-state index in [1.54, 1.807) is 0 Å². The number of hydrogen-bond donors (Lipinski definition) is 1. The van der Waals surface area contributed by atoms with Crippen LogP contribution in [0.3, 0.4) is 0 Å². The number of nitrogens with zero attached hydrogens (tertiary/aromatic N) is 1. The van der Waals surface area contributed by atoms with Gasteiger partial charge in [-0.05, 0) is 36.9 Å². The summed E-state index contributed by atoms with van der Waals surface area (Å²) in [6.07, 6.45) is 4.14. The molecule has 0 radical (unpaired) electrons. The first-order valence-corrected chi connectivity index (χ1v) is 8.80. The maximum absolute atomic E-state index is 5.61. The summed E-state index contributed by atoms with van der Waals surface area (Å²) in [6.45, 7) is 7.28. The van der Waals surface area contributed by atoms with Crippen molar-refractivity contribution >= 4 is 17.0 Å². The first kappa shape index (κ1) is 17.5. The lowest BCUT2D eigenvalue weighted by Crippen LogP contribution is -2.23. The molecule has 0 fully saturated rings. The minimum Gasteiger partial charge on any atom is -0.362 e. The molecule has 3 heteroatoms. The second kappa shape index (κ2) is 8.65. The summed E-state index contributed by atoms with van der Waals surface area (Å²) in [5.41, 5.74) is 5.08. The minimum absolute atomic E-state index is 0.566. The van der Waals surface area contributed by atoms with Gasteiger partial charge in [0.05, 0.1) is 13.3 Å². The molecule has 0 aliphatic rings. The fourth-order valence-electron chi connectivity index (χ4n) is 2.97. The number of para-hydroxylation sites is 1. The van der Waals surface area contributed by atoms with Gasteiger partial charge in [0, 0.05) is 24.3 Å². The molecule has 3 aromatic rings. The summed E-state index contributed by atoms with van der Waals surface area (Å²) in [4.78, 5) is 0. The molecule has 25 heavy (non-hydrogen) atoms. The van der Waals surface area contributed by atoms with Crippen LogP contribution in [0.5, 0.6) is 0 Å². The predicted molar refractivity (Wildman–Crippen MR) is 106 cm³/mol. The van der Waals surface area contributed by atoms with Crippen LogP contribution in [-0.2, 0) is 11.3 Å². The second-order valence-corrected chi connectivity index (χ2v) is 6.32. The first-order valence-electron chi connectivity index (χ1n) is 8.80. The van der Waals surface area contributed by atoms with Crippen LogP contribution >= 0.6 is 0 Å². The molecule has 0 atom stereocenters. The van der Waals surface area contributed by atoms with Crippen LogP contribution in [0.25, 0.3) is 17.0 Å². The molecule has 0 spiro atoms. The van der Waals surface area contributed by atoms with Crippen molar-refractivity contribution in [3.05, 3.63) is 77.5 Å². The van der Waals surface area contributed by atoms with Crippen LogP contribution < -0.4 is 5.32 Å². The van der Waals surface area contributed by atoms with Crippen LogP contribution in [-0.4, -0.2) is 24.4 Å². The van der Waals surface area contributed by atoms with Gasteiger partial charge in [-0.1, -0.05) is 60.2 Å². The standard InChI is InChI=1S/C22H26N2O/c1-18-9-11-20(12-10-18)6-5-15-25-17-23-13-14-24-19(2)16-21-7-3-4-8-22(21)24/h3-12,16,23H,13-15,17H2,1-2H3/b6-5+. The van der Waals surface area contributed by atoms with E-state index >= 15 is 0 Å². The molecule has 130 valence electrons. The normalized spacial score (nSPS) is 11.6. The molecule has 3 nitrogen and oxygen atoms in total. The van der Waals surface area contributed by atoms with E-state index in [0.717, 1.165) is 13.1 Å². The third-order valence-electron chi connectivity index (χ3n) is 4.34. The molecule has 0 aliphatic heterocycles. The maximum atomic E-state index is 5.61. The summed E-state index contributed by atoms with van der Waals surface area (Å²) in [5, 5.41) is 4.65. The molecule has 0 bridgehead atoms. The lowest BCUT2D eigenvalue weighted by atomic mass is 10.1. The largest absolute Gasteiger partial charge is 0.362 e. The van der Waals surface area contributed by atoms with Crippen molar-refractivity contribution in [1.82, 2.24) is 9.88 Å². The molecule has 1 heterocycles. The Labute approximate surface area is 149 Å². The van der Waals surface area contributed by atoms with Crippen molar-refractivity contribution in [2.24, 2.45) is 0 Å². The summed E-state index contributed by atoms with van der Waals surface area (Å²) < 4.78 is 7.96. The topological polar surface area (TPSA) is 26.2 Å². The lowest BCUT2D eigenvalue weighted by molar-refractivity contribution is 0.142. The van der Waals surface area contributed by atoms with Crippen LogP contribution in [0.1, 0.15) is 16.8 Å². The molecule has 0 amide bonds. The van der Waals surface area contributed by atoms with Crippen LogP contribution in [0.2, 0.25) is 0 Å². The van der Waals surface area contributed by atoms with Crippen LogP contribution in [0.4, 0.5) is 0 Å². The summed E-state index contributed by atoms with van der Waals surface area (Å²) >= 11 is 0. The van der Waals surface area contributed by atoms with Crippen molar-refractivity contribution in [2.75, 3.05) is 19.9 Å². The van der Waals surface area contributed by atoms with Gasteiger partial charge >= 0.3 is 0 Å². The number of aryl methyl sites for hydroxylation is 2. The predicted octanol–water partition coefficient (Wildman–Crippen LogP) is 4.54. The van der Waals surface area contributed by atoms with E-state index in [9.17, 15) is 0 Å². The molecule has 2 aromatic carbocycles. The van der Waals surface area contributed by atoms with E-state index in [-0.39, 0.29) is 0 Å². The Morgan fingerprint density at radius 3 is 2.68 bits per heavy atom. The molecular weight excluding hydrogens is 308 g/mol. The first-order chi connectivity index (χ1) is 12.2. The van der Waals surface area contributed by atoms with Crippen LogP contribution in [0, 0.1) is 13.8 Å². The summed E-state index contributed by atoms with van der Waals surface area (Å²) in [5.74, 6) is 0. The van der Waals surface area contributed by atoms with Gasteiger partial charge in [0.1, 0.15) is 0 Å². The van der Waals surface area contributed by atoms with Gasteiger partial charge in [-0.15, -0.1) is 0 Å².